The van der Waals surface area contributed by atoms with Crippen molar-refractivity contribution in [1.29, 1.82) is 0 Å². The van der Waals surface area contributed by atoms with E-state index >= 15 is 0 Å². The van der Waals surface area contributed by atoms with Crippen LogP contribution in [0, 0.1) is 5.41 Å². The van der Waals surface area contributed by atoms with Gasteiger partial charge in [-0.25, -0.2) is 0 Å². The molecule has 0 spiro atoms. The average Bonchev–Trinajstić information content (AvgIpc) is 2.91. The molecule has 20 heavy (non-hydrogen) atoms. The van der Waals surface area contributed by atoms with E-state index in [-0.39, 0.29) is 5.91 Å². The number of halogens is 2. The number of rotatable bonds is 4. The van der Waals surface area contributed by atoms with Crippen LogP contribution in [0.15, 0.2) is 21.1 Å². The van der Waals surface area contributed by atoms with Crippen LogP contribution >= 0.6 is 31.9 Å². The Kier molecular flexibility index (Phi) is 5.09. The van der Waals surface area contributed by atoms with E-state index in [9.17, 15) is 4.79 Å². The van der Waals surface area contributed by atoms with Crippen LogP contribution in [0.3, 0.4) is 0 Å². The molecule has 0 radical (unpaired) electrons. The van der Waals surface area contributed by atoms with E-state index in [2.05, 4.69) is 37.2 Å². The van der Waals surface area contributed by atoms with Gasteiger partial charge in [0.15, 0.2) is 0 Å². The molecule has 0 aromatic heterocycles. The normalized spacial score (nSPS) is 17.0. The number of carbonyl (C=O) groups is 1. The second-order valence-electron chi connectivity index (χ2n) is 5.11. The fourth-order valence-electron chi connectivity index (χ4n) is 2.61. The molecule has 1 saturated carbocycles. The predicted molar refractivity (Wildman–Crippen MR) is 87.0 cm³/mol. The summed E-state index contributed by atoms with van der Waals surface area (Å²) in [5.41, 5.74) is 6.12. The number of ether oxygens (including phenoxy) is 1. The number of hydrogen-bond acceptors (Lipinski definition) is 3. The lowest BCUT2D eigenvalue weighted by molar-refractivity contribution is -0.124. The molecule has 1 fully saturated rings. The van der Waals surface area contributed by atoms with Crippen LogP contribution in [-0.2, 0) is 4.79 Å². The van der Waals surface area contributed by atoms with Crippen LogP contribution < -0.4 is 15.8 Å². The van der Waals surface area contributed by atoms with E-state index in [1.54, 1.807) is 13.2 Å². The fourth-order valence-corrected chi connectivity index (χ4v) is 3.87. The first-order valence-electron chi connectivity index (χ1n) is 6.57. The summed E-state index contributed by atoms with van der Waals surface area (Å²) in [6.07, 6.45) is 3.85. The van der Waals surface area contributed by atoms with Gasteiger partial charge >= 0.3 is 0 Å². The van der Waals surface area contributed by atoms with E-state index in [1.807, 2.05) is 6.07 Å². The minimum Gasteiger partial charge on any atom is -0.495 e. The number of carbonyl (C=O) groups excluding carboxylic acids is 1. The van der Waals surface area contributed by atoms with Gasteiger partial charge in [0, 0.05) is 17.1 Å². The quantitative estimate of drug-likeness (QED) is 0.802. The molecule has 1 aliphatic carbocycles. The van der Waals surface area contributed by atoms with Crippen LogP contribution in [0.1, 0.15) is 25.7 Å². The van der Waals surface area contributed by atoms with E-state index in [0.29, 0.717) is 18.0 Å². The lowest BCUT2D eigenvalue weighted by Gasteiger charge is -2.26. The number of benzene rings is 1. The molecule has 1 aromatic rings. The van der Waals surface area contributed by atoms with Gasteiger partial charge in [-0.1, -0.05) is 12.8 Å². The maximum absolute atomic E-state index is 12.5. The molecule has 0 atom stereocenters. The summed E-state index contributed by atoms with van der Waals surface area (Å²) in [4.78, 5) is 12.5. The molecular formula is C14H18Br2N2O2. The number of amides is 1. The summed E-state index contributed by atoms with van der Waals surface area (Å²) in [6, 6.07) is 3.66. The Hall–Kier alpha value is -0.590. The molecule has 2 rings (SSSR count). The summed E-state index contributed by atoms with van der Waals surface area (Å²) in [5.74, 6) is 0.680. The second kappa shape index (κ2) is 6.45. The van der Waals surface area contributed by atoms with Crippen molar-refractivity contribution in [2.45, 2.75) is 25.7 Å². The highest BCUT2D eigenvalue weighted by Gasteiger charge is 2.40. The van der Waals surface area contributed by atoms with Crippen molar-refractivity contribution >= 4 is 43.5 Å². The van der Waals surface area contributed by atoms with E-state index in [1.165, 1.54) is 0 Å². The maximum Gasteiger partial charge on any atom is 0.231 e. The Morgan fingerprint density at radius 2 is 2.00 bits per heavy atom. The standard InChI is InChI=1S/C14H18Br2N2O2/c1-20-12-7-11(9(15)6-10(12)16)18-13(19)14(8-17)4-2-3-5-14/h6-7H,2-5,8,17H2,1H3,(H,18,19). The van der Waals surface area contributed by atoms with Gasteiger partial charge in [0.25, 0.3) is 0 Å². The lowest BCUT2D eigenvalue weighted by atomic mass is 9.85. The first-order chi connectivity index (χ1) is 9.52. The summed E-state index contributed by atoms with van der Waals surface area (Å²) in [5, 5.41) is 2.98. The van der Waals surface area contributed by atoms with Gasteiger partial charge in [0.05, 0.1) is 22.7 Å². The molecule has 1 aromatic carbocycles. The summed E-state index contributed by atoms with van der Waals surface area (Å²) in [6.45, 7) is 0.393. The highest BCUT2D eigenvalue weighted by molar-refractivity contribution is 9.11. The van der Waals surface area contributed by atoms with E-state index in [0.717, 1.165) is 34.6 Å². The molecule has 0 aliphatic heterocycles. The van der Waals surface area contributed by atoms with Crippen molar-refractivity contribution in [1.82, 2.24) is 0 Å². The topological polar surface area (TPSA) is 64.3 Å². The zero-order chi connectivity index (χ0) is 14.8. The second-order valence-corrected chi connectivity index (χ2v) is 6.82. The third-order valence-corrected chi connectivity index (χ3v) is 5.20. The van der Waals surface area contributed by atoms with Gasteiger partial charge in [-0.05, 0) is 50.8 Å². The largest absolute Gasteiger partial charge is 0.495 e. The molecule has 1 amide bonds. The molecule has 110 valence electrons. The average molecular weight is 406 g/mol. The lowest BCUT2D eigenvalue weighted by Crippen LogP contribution is -2.40. The van der Waals surface area contributed by atoms with Gasteiger partial charge in [0.1, 0.15) is 5.75 Å². The smallest absolute Gasteiger partial charge is 0.231 e. The van der Waals surface area contributed by atoms with Gasteiger partial charge in [-0.3, -0.25) is 4.79 Å². The Bertz CT molecular complexity index is 514. The van der Waals surface area contributed by atoms with Crippen molar-refractivity contribution in [3.05, 3.63) is 21.1 Å². The first-order valence-corrected chi connectivity index (χ1v) is 8.15. The van der Waals surface area contributed by atoms with Crippen LogP contribution in [0.25, 0.3) is 0 Å². The highest BCUT2D eigenvalue weighted by Crippen LogP contribution is 2.40. The van der Waals surface area contributed by atoms with E-state index < -0.39 is 5.41 Å². The Labute approximate surface area is 135 Å². The summed E-state index contributed by atoms with van der Waals surface area (Å²) in [7, 11) is 1.60. The van der Waals surface area contributed by atoms with Crippen LogP contribution in [0.4, 0.5) is 5.69 Å². The molecule has 0 saturated heterocycles. The Balaban J connectivity index is 2.23. The zero-order valence-electron chi connectivity index (χ0n) is 11.3. The molecule has 0 heterocycles. The van der Waals surface area contributed by atoms with Gasteiger partial charge in [0.2, 0.25) is 5.91 Å². The summed E-state index contributed by atoms with van der Waals surface area (Å²) >= 11 is 6.87. The van der Waals surface area contributed by atoms with Crippen molar-refractivity contribution in [2.75, 3.05) is 19.0 Å². The third kappa shape index (κ3) is 3.02. The Morgan fingerprint density at radius 3 is 2.55 bits per heavy atom. The summed E-state index contributed by atoms with van der Waals surface area (Å²) < 4.78 is 6.90. The van der Waals surface area contributed by atoms with Crippen molar-refractivity contribution in [3.8, 4) is 5.75 Å². The fraction of sp³-hybridized carbons (Fsp3) is 0.500. The van der Waals surface area contributed by atoms with Crippen LogP contribution in [-0.4, -0.2) is 19.6 Å². The number of anilines is 1. The minimum atomic E-state index is -0.417. The van der Waals surface area contributed by atoms with Gasteiger partial charge in [-0.2, -0.15) is 0 Å². The van der Waals surface area contributed by atoms with Gasteiger partial charge < -0.3 is 15.8 Å². The Morgan fingerprint density at radius 1 is 1.35 bits per heavy atom. The molecule has 0 bridgehead atoms. The predicted octanol–water partition coefficient (Wildman–Crippen LogP) is 3.68. The molecule has 6 heteroatoms. The number of nitrogens with two attached hydrogens (primary N) is 1. The monoisotopic (exact) mass is 404 g/mol. The van der Waals surface area contributed by atoms with Gasteiger partial charge in [-0.15, -0.1) is 0 Å². The molecular weight excluding hydrogens is 388 g/mol. The number of methoxy groups -OCH3 is 1. The SMILES string of the molecule is COc1cc(NC(=O)C2(CN)CCCC2)c(Br)cc1Br. The zero-order valence-corrected chi connectivity index (χ0v) is 14.5. The van der Waals surface area contributed by atoms with E-state index in [4.69, 9.17) is 10.5 Å². The third-order valence-electron chi connectivity index (χ3n) is 3.92. The minimum absolute atomic E-state index is 0.00238. The number of nitrogens with one attached hydrogen (secondary N) is 1. The van der Waals surface area contributed by atoms with Crippen molar-refractivity contribution in [3.63, 3.8) is 0 Å². The molecule has 3 N–H and O–H groups in total. The van der Waals surface area contributed by atoms with Crippen LogP contribution in [0.5, 0.6) is 5.75 Å². The van der Waals surface area contributed by atoms with Crippen molar-refractivity contribution in [2.24, 2.45) is 11.1 Å². The highest BCUT2D eigenvalue weighted by atomic mass is 79.9. The van der Waals surface area contributed by atoms with Crippen molar-refractivity contribution < 1.29 is 9.53 Å². The molecule has 0 unspecified atom stereocenters. The first kappa shape index (κ1) is 15.8. The van der Waals surface area contributed by atoms with Crippen LogP contribution in [0.2, 0.25) is 0 Å². The molecule has 4 nitrogen and oxygen atoms in total. The maximum atomic E-state index is 12.5. The molecule has 1 aliphatic rings. The number of hydrogen-bond donors (Lipinski definition) is 2.